The van der Waals surface area contributed by atoms with Crippen molar-refractivity contribution < 1.29 is 34.5 Å². The van der Waals surface area contributed by atoms with Crippen LogP contribution in [0.5, 0.6) is 0 Å². The summed E-state index contributed by atoms with van der Waals surface area (Å²) in [7, 11) is 0. The van der Waals surface area contributed by atoms with Crippen LogP contribution in [0.25, 0.3) is 11.2 Å². The number of nitrogens with one attached hydrogen (secondary N) is 1. The molecule has 13 nitrogen and oxygen atoms in total. The number of nitrogens with zero attached hydrogens (tertiary/aromatic N) is 4. The smallest absolute Gasteiger partial charge is 0.306 e. The molecule has 13 heteroatoms. The predicted molar refractivity (Wildman–Crippen MR) is 85.8 cm³/mol. The van der Waals surface area contributed by atoms with Crippen LogP contribution in [0, 0.1) is 0 Å². The minimum atomic E-state index is -1.33. The summed E-state index contributed by atoms with van der Waals surface area (Å²) in [5.74, 6) is -1.42. The zero-order chi connectivity index (χ0) is 19.6. The summed E-state index contributed by atoms with van der Waals surface area (Å²) in [6.07, 6.45) is -2.63. The van der Waals surface area contributed by atoms with Gasteiger partial charge >= 0.3 is 5.97 Å². The Morgan fingerprint density at radius 3 is 2.81 bits per heavy atom. The number of esters is 1. The van der Waals surface area contributed by atoms with Gasteiger partial charge in [0.1, 0.15) is 24.1 Å². The highest BCUT2D eigenvalue weighted by molar-refractivity contribution is 5.81. The number of hydroxylamine groups is 1. The molecule has 1 unspecified atom stereocenters. The number of nitrogens with two attached hydrogens (primary N) is 1. The second kappa shape index (κ2) is 7.79. The Kier molecular flexibility index (Phi) is 5.46. The molecule has 0 bridgehead atoms. The van der Waals surface area contributed by atoms with Gasteiger partial charge in [-0.3, -0.25) is 19.4 Å². The van der Waals surface area contributed by atoms with Gasteiger partial charge in [-0.2, -0.15) is 0 Å². The van der Waals surface area contributed by atoms with Gasteiger partial charge in [0.05, 0.1) is 19.4 Å². The van der Waals surface area contributed by atoms with E-state index in [0.29, 0.717) is 11.2 Å². The van der Waals surface area contributed by atoms with Crippen molar-refractivity contribution in [1.29, 1.82) is 0 Å². The Morgan fingerprint density at radius 2 is 2.11 bits per heavy atom. The number of aliphatic hydroxyl groups is 2. The molecule has 6 N–H and O–H groups in total. The van der Waals surface area contributed by atoms with Crippen LogP contribution in [-0.2, 0) is 19.1 Å². The summed E-state index contributed by atoms with van der Waals surface area (Å²) >= 11 is 0. The van der Waals surface area contributed by atoms with Crippen LogP contribution in [0.15, 0.2) is 12.7 Å². The lowest BCUT2D eigenvalue weighted by atomic mass is 10.1. The Labute approximate surface area is 151 Å². The second-order valence-corrected chi connectivity index (χ2v) is 5.81. The van der Waals surface area contributed by atoms with Gasteiger partial charge in [-0.25, -0.2) is 20.4 Å². The van der Waals surface area contributed by atoms with Crippen LogP contribution in [0.1, 0.15) is 19.1 Å². The second-order valence-electron chi connectivity index (χ2n) is 5.81. The van der Waals surface area contributed by atoms with Crippen LogP contribution in [0.2, 0.25) is 0 Å². The average Bonchev–Trinajstić information content (AvgIpc) is 3.22. The van der Waals surface area contributed by atoms with Crippen molar-refractivity contribution in [2.75, 3.05) is 12.3 Å². The molecule has 0 saturated carbocycles. The maximum Gasteiger partial charge on any atom is 0.306 e. The van der Waals surface area contributed by atoms with Crippen LogP contribution < -0.4 is 11.2 Å². The van der Waals surface area contributed by atoms with Crippen LogP contribution in [-0.4, -0.2) is 71.7 Å². The van der Waals surface area contributed by atoms with Crippen molar-refractivity contribution in [3.8, 4) is 0 Å². The molecule has 3 rings (SSSR count). The highest BCUT2D eigenvalue weighted by Crippen LogP contribution is 2.34. The van der Waals surface area contributed by atoms with E-state index in [1.165, 1.54) is 22.7 Å². The first-order valence-electron chi connectivity index (χ1n) is 7.96. The first-order chi connectivity index (χ1) is 13.0. The summed E-state index contributed by atoms with van der Waals surface area (Å²) in [5, 5.41) is 28.2. The van der Waals surface area contributed by atoms with E-state index in [1.807, 2.05) is 0 Å². The lowest BCUT2D eigenvalue weighted by molar-refractivity contribution is -0.159. The number of imidazole rings is 1. The van der Waals surface area contributed by atoms with Gasteiger partial charge in [-0.15, -0.1) is 0 Å². The maximum atomic E-state index is 12.0. The first kappa shape index (κ1) is 18.9. The Hall–Kier alpha value is -2.87. The fraction of sp³-hybridized carbons (Fsp3) is 0.500. The molecule has 2 aromatic rings. The number of carbonyl (C=O) groups is 2. The number of amides is 1. The van der Waals surface area contributed by atoms with E-state index < -0.39 is 43.0 Å². The SMILES string of the molecule is Nc1ncnc2c1ncn2[C@@H]1O[C@H](CO)C(O)[C@H]1OC(=O)CCC(=O)NO. The minimum absolute atomic E-state index is 0.138. The molecule has 3 heterocycles. The minimum Gasteiger partial charge on any atom is -0.455 e. The standard InChI is InChI=1S/C14H18N6O7/c15-12-9-13(17-4-16-12)20(5-18-9)14-11(10(24)6(3-21)26-14)27-8(23)2-1-7(22)19-25/h4-6,10-11,14,21,24-25H,1-3H2,(H,19,22)(H2,15,16,17)/t6-,10?,11-,14-/m1/s1. The van der Waals surface area contributed by atoms with E-state index in [-0.39, 0.29) is 18.7 Å². The fourth-order valence-corrected chi connectivity index (χ4v) is 2.76. The lowest BCUT2D eigenvalue weighted by Gasteiger charge is -2.21. The number of hydrogen-bond donors (Lipinski definition) is 5. The highest BCUT2D eigenvalue weighted by Gasteiger charge is 2.47. The zero-order valence-electron chi connectivity index (χ0n) is 13.9. The molecule has 0 aromatic carbocycles. The molecule has 1 amide bonds. The summed E-state index contributed by atoms with van der Waals surface area (Å²) in [6.45, 7) is -0.512. The Bertz CT molecular complexity index is 842. The fourth-order valence-electron chi connectivity index (χ4n) is 2.76. The summed E-state index contributed by atoms with van der Waals surface area (Å²) in [4.78, 5) is 35.0. The van der Waals surface area contributed by atoms with Gasteiger partial charge in [-0.05, 0) is 0 Å². The Morgan fingerprint density at radius 1 is 1.33 bits per heavy atom. The number of ether oxygens (including phenoxy) is 2. The van der Waals surface area contributed by atoms with E-state index in [1.54, 1.807) is 0 Å². The molecule has 27 heavy (non-hydrogen) atoms. The summed E-state index contributed by atoms with van der Waals surface area (Å²) in [6, 6.07) is 0. The zero-order valence-corrected chi connectivity index (χ0v) is 13.9. The molecule has 4 atom stereocenters. The quantitative estimate of drug-likeness (QED) is 0.208. The van der Waals surface area contributed by atoms with Gasteiger partial charge in [0.2, 0.25) is 5.91 Å². The number of hydrogen-bond acceptors (Lipinski definition) is 11. The topological polar surface area (TPSA) is 195 Å². The van der Waals surface area contributed by atoms with E-state index in [4.69, 9.17) is 20.4 Å². The number of anilines is 1. The number of aromatic nitrogens is 4. The van der Waals surface area contributed by atoms with Gasteiger partial charge in [0.15, 0.2) is 23.8 Å². The third kappa shape index (κ3) is 3.66. The molecule has 1 saturated heterocycles. The van der Waals surface area contributed by atoms with Crippen molar-refractivity contribution in [3.63, 3.8) is 0 Å². The molecule has 0 aliphatic carbocycles. The van der Waals surface area contributed by atoms with Crippen molar-refractivity contribution in [3.05, 3.63) is 12.7 Å². The highest BCUT2D eigenvalue weighted by atomic mass is 16.6. The molecule has 1 fully saturated rings. The van der Waals surface area contributed by atoms with Crippen molar-refractivity contribution >= 4 is 28.9 Å². The largest absolute Gasteiger partial charge is 0.455 e. The van der Waals surface area contributed by atoms with Gasteiger partial charge in [0.25, 0.3) is 0 Å². The molecule has 0 radical (unpaired) electrons. The first-order valence-corrected chi connectivity index (χ1v) is 7.96. The van der Waals surface area contributed by atoms with Crippen molar-refractivity contribution in [1.82, 2.24) is 25.0 Å². The molecule has 146 valence electrons. The third-order valence-electron chi connectivity index (χ3n) is 4.10. The van der Waals surface area contributed by atoms with E-state index in [2.05, 4.69) is 15.0 Å². The molecular formula is C14H18N6O7. The molecule has 1 aliphatic rings. The number of nitrogen functional groups attached to an aromatic ring is 1. The number of aliphatic hydroxyl groups excluding tert-OH is 2. The van der Waals surface area contributed by atoms with Crippen molar-refractivity contribution in [2.24, 2.45) is 0 Å². The van der Waals surface area contributed by atoms with Crippen LogP contribution >= 0.6 is 0 Å². The maximum absolute atomic E-state index is 12.0. The monoisotopic (exact) mass is 382 g/mol. The molecular weight excluding hydrogens is 364 g/mol. The summed E-state index contributed by atoms with van der Waals surface area (Å²) < 4.78 is 12.3. The van der Waals surface area contributed by atoms with Gasteiger partial charge in [-0.1, -0.05) is 0 Å². The molecule has 1 aliphatic heterocycles. The van der Waals surface area contributed by atoms with E-state index >= 15 is 0 Å². The lowest BCUT2D eigenvalue weighted by Crippen LogP contribution is -2.37. The van der Waals surface area contributed by atoms with E-state index in [0.717, 1.165) is 0 Å². The van der Waals surface area contributed by atoms with Crippen LogP contribution in [0.3, 0.4) is 0 Å². The van der Waals surface area contributed by atoms with Gasteiger partial charge < -0.3 is 25.4 Å². The number of rotatable bonds is 6. The molecule has 0 spiro atoms. The number of carbonyl (C=O) groups excluding carboxylic acids is 2. The molecule has 2 aromatic heterocycles. The Balaban J connectivity index is 1.84. The number of fused-ring (bicyclic) bond motifs is 1. The van der Waals surface area contributed by atoms with E-state index in [9.17, 15) is 19.8 Å². The van der Waals surface area contributed by atoms with Crippen LogP contribution in [0.4, 0.5) is 5.82 Å². The predicted octanol–water partition coefficient (Wildman–Crippen LogP) is -2.14. The van der Waals surface area contributed by atoms with Gasteiger partial charge in [0, 0.05) is 6.42 Å². The van der Waals surface area contributed by atoms with Crippen molar-refractivity contribution in [2.45, 2.75) is 37.4 Å². The third-order valence-corrected chi connectivity index (χ3v) is 4.10. The summed E-state index contributed by atoms with van der Waals surface area (Å²) in [5.41, 5.74) is 7.74. The average molecular weight is 382 g/mol. The normalized spacial score (nSPS) is 24.9.